The van der Waals surface area contributed by atoms with Crippen LogP contribution in [0.3, 0.4) is 0 Å². The number of nitrogens with one attached hydrogen (secondary N) is 2. The predicted molar refractivity (Wildman–Crippen MR) is 84.4 cm³/mol. The molecule has 4 heteroatoms. The Morgan fingerprint density at radius 1 is 1.10 bits per heavy atom. The Bertz CT molecular complexity index is 570. The Morgan fingerprint density at radius 2 is 1.90 bits per heavy atom. The number of para-hydroxylation sites is 1. The van der Waals surface area contributed by atoms with Crippen LogP contribution in [0.15, 0.2) is 54.6 Å². The largest absolute Gasteiger partial charge is 0.494 e. The molecular formula is C17H20N2O2. The summed E-state index contributed by atoms with van der Waals surface area (Å²) in [7, 11) is 0. The Labute approximate surface area is 125 Å². The number of carbonyl (C=O) groups excluding carboxylic acids is 1. The molecule has 0 spiro atoms. The lowest BCUT2D eigenvalue weighted by atomic mass is 10.2. The maximum atomic E-state index is 11.8. The van der Waals surface area contributed by atoms with E-state index in [0.717, 1.165) is 17.0 Å². The van der Waals surface area contributed by atoms with Crippen molar-refractivity contribution in [2.24, 2.45) is 0 Å². The van der Waals surface area contributed by atoms with E-state index in [9.17, 15) is 4.79 Å². The van der Waals surface area contributed by atoms with Crippen LogP contribution in [0.2, 0.25) is 0 Å². The van der Waals surface area contributed by atoms with Crippen LogP contribution in [0.25, 0.3) is 0 Å². The van der Waals surface area contributed by atoms with Gasteiger partial charge in [0.15, 0.2) is 0 Å². The average molecular weight is 284 g/mol. The zero-order valence-electron chi connectivity index (χ0n) is 12.1. The van der Waals surface area contributed by atoms with Gasteiger partial charge in [-0.1, -0.05) is 30.3 Å². The van der Waals surface area contributed by atoms with Gasteiger partial charge in [0, 0.05) is 12.2 Å². The zero-order valence-corrected chi connectivity index (χ0v) is 12.1. The van der Waals surface area contributed by atoms with E-state index in [1.165, 1.54) is 0 Å². The fourth-order valence-corrected chi connectivity index (χ4v) is 1.91. The molecular weight excluding hydrogens is 264 g/mol. The molecule has 2 aromatic rings. The fourth-order valence-electron chi connectivity index (χ4n) is 1.91. The predicted octanol–water partition coefficient (Wildman–Crippen LogP) is 2.81. The molecule has 0 saturated heterocycles. The zero-order chi connectivity index (χ0) is 14.9. The van der Waals surface area contributed by atoms with Gasteiger partial charge in [-0.25, -0.2) is 0 Å². The van der Waals surface area contributed by atoms with Crippen LogP contribution >= 0.6 is 0 Å². The van der Waals surface area contributed by atoms with Gasteiger partial charge >= 0.3 is 0 Å². The third-order valence-corrected chi connectivity index (χ3v) is 2.93. The number of carbonyl (C=O) groups is 1. The van der Waals surface area contributed by atoms with E-state index in [1.54, 1.807) is 0 Å². The molecule has 2 N–H and O–H groups in total. The molecule has 0 saturated carbocycles. The first-order valence-corrected chi connectivity index (χ1v) is 7.05. The van der Waals surface area contributed by atoms with Crippen molar-refractivity contribution in [1.29, 1.82) is 0 Å². The minimum absolute atomic E-state index is 0.0410. The molecule has 0 unspecified atom stereocenters. The number of anilines is 1. The van der Waals surface area contributed by atoms with Crippen LogP contribution in [-0.4, -0.2) is 19.1 Å². The third-order valence-electron chi connectivity index (χ3n) is 2.93. The summed E-state index contributed by atoms with van der Waals surface area (Å²) in [5, 5.41) is 5.96. The quantitative estimate of drug-likeness (QED) is 0.822. The molecule has 4 nitrogen and oxygen atoms in total. The van der Waals surface area contributed by atoms with Crippen LogP contribution in [0.4, 0.5) is 5.69 Å². The summed E-state index contributed by atoms with van der Waals surface area (Å²) < 4.78 is 5.43. The molecule has 0 radical (unpaired) electrons. The van der Waals surface area contributed by atoms with Crippen molar-refractivity contribution in [3.05, 3.63) is 60.2 Å². The van der Waals surface area contributed by atoms with Gasteiger partial charge < -0.3 is 15.4 Å². The standard InChI is InChI=1S/C17H20N2O2/c1-2-21-16-10-6-7-14(11-16)12-19-17(20)13-18-15-8-4-3-5-9-15/h3-11,18H,2,12-13H2,1H3,(H,19,20). The molecule has 0 aromatic heterocycles. The van der Waals surface area contributed by atoms with Gasteiger partial charge in [0.2, 0.25) is 5.91 Å². The monoisotopic (exact) mass is 284 g/mol. The number of benzene rings is 2. The van der Waals surface area contributed by atoms with E-state index >= 15 is 0 Å². The molecule has 2 rings (SSSR count). The number of rotatable bonds is 7. The van der Waals surface area contributed by atoms with Gasteiger partial charge in [-0.15, -0.1) is 0 Å². The van der Waals surface area contributed by atoms with E-state index in [0.29, 0.717) is 13.2 Å². The molecule has 0 aliphatic heterocycles. The summed E-state index contributed by atoms with van der Waals surface area (Å²) in [6.45, 7) is 3.34. The van der Waals surface area contributed by atoms with Crippen molar-refractivity contribution < 1.29 is 9.53 Å². The molecule has 0 fully saturated rings. The van der Waals surface area contributed by atoms with Crippen molar-refractivity contribution in [1.82, 2.24) is 5.32 Å². The lowest BCUT2D eigenvalue weighted by molar-refractivity contribution is -0.119. The van der Waals surface area contributed by atoms with Crippen LogP contribution in [0, 0.1) is 0 Å². The Hall–Kier alpha value is -2.49. The van der Waals surface area contributed by atoms with Gasteiger partial charge in [-0.05, 0) is 36.8 Å². The van der Waals surface area contributed by atoms with Gasteiger partial charge in [0.05, 0.1) is 13.2 Å². The van der Waals surface area contributed by atoms with E-state index in [4.69, 9.17) is 4.74 Å². The smallest absolute Gasteiger partial charge is 0.239 e. The summed E-state index contributed by atoms with van der Waals surface area (Å²) >= 11 is 0. The Kier molecular flexibility index (Phi) is 5.64. The highest BCUT2D eigenvalue weighted by molar-refractivity contribution is 5.80. The molecule has 110 valence electrons. The highest BCUT2D eigenvalue weighted by atomic mass is 16.5. The lowest BCUT2D eigenvalue weighted by Crippen LogP contribution is -2.29. The SMILES string of the molecule is CCOc1cccc(CNC(=O)CNc2ccccc2)c1. The summed E-state index contributed by atoms with van der Waals surface area (Å²) in [6, 6.07) is 17.4. The summed E-state index contributed by atoms with van der Waals surface area (Å²) in [5.41, 5.74) is 1.96. The first-order chi connectivity index (χ1) is 10.3. The van der Waals surface area contributed by atoms with Crippen molar-refractivity contribution in [3.8, 4) is 5.75 Å². The molecule has 21 heavy (non-hydrogen) atoms. The third kappa shape index (κ3) is 5.18. The molecule has 1 amide bonds. The molecule has 0 atom stereocenters. The minimum atomic E-state index is -0.0410. The summed E-state index contributed by atoms with van der Waals surface area (Å²) in [5.74, 6) is 0.785. The number of hydrogen-bond donors (Lipinski definition) is 2. The summed E-state index contributed by atoms with van der Waals surface area (Å²) in [6.07, 6.45) is 0. The van der Waals surface area contributed by atoms with Gasteiger partial charge in [0.1, 0.15) is 5.75 Å². The second kappa shape index (κ2) is 7.94. The van der Waals surface area contributed by atoms with E-state index < -0.39 is 0 Å². The maximum Gasteiger partial charge on any atom is 0.239 e. The lowest BCUT2D eigenvalue weighted by Gasteiger charge is -2.09. The average Bonchev–Trinajstić information content (AvgIpc) is 2.53. The molecule has 0 bridgehead atoms. The van der Waals surface area contributed by atoms with Crippen LogP contribution in [-0.2, 0) is 11.3 Å². The number of amides is 1. The second-order valence-electron chi connectivity index (χ2n) is 4.58. The molecule has 0 aliphatic carbocycles. The Morgan fingerprint density at radius 3 is 2.67 bits per heavy atom. The van der Waals surface area contributed by atoms with Crippen molar-refractivity contribution >= 4 is 11.6 Å². The maximum absolute atomic E-state index is 11.8. The molecule has 0 heterocycles. The first kappa shape index (κ1) is 14.9. The first-order valence-electron chi connectivity index (χ1n) is 7.05. The van der Waals surface area contributed by atoms with E-state index in [2.05, 4.69) is 10.6 Å². The molecule has 2 aromatic carbocycles. The van der Waals surface area contributed by atoms with Gasteiger partial charge in [-0.2, -0.15) is 0 Å². The van der Waals surface area contributed by atoms with Crippen LogP contribution < -0.4 is 15.4 Å². The van der Waals surface area contributed by atoms with E-state index in [1.807, 2.05) is 61.5 Å². The number of hydrogen-bond acceptors (Lipinski definition) is 3. The molecule has 0 aliphatic rings. The highest BCUT2D eigenvalue weighted by Gasteiger charge is 2.02. The topological polar surface area (TPSA) is 50.4 Å². The minimum Gasteiger partial charge on any atom is -0.494 e. The normalized spacial score (nSPS) is 9.95. The number of ether oxygens (including phenoxy) is 1. The highest BCUT2D eigenvalue weighted by Crippen LogP contribution is 2.13. The van der Waals surface area contributed by atoms with Crippen molar-refractivity contribution in [2.45, 2.75) is 13.5 Å². The fraction of sp³-hybridized carbons (Fsp3) is 0.235. The van der Waals surface area contributed by atoms with Gasteiger partial charge in [0.25, 0.3) is 0 Å². The van der Waals surface area contributed by atoms with Gasteiger partial charge in [-0.3, -0.25) is 4.79 Å². The van der Waals surface area contributed by atoms with Crippen LogP contribution in [0.1, 0.15) is 12.5 Å². The Balaban J connectivity index is 1.77. The van der Waals surface area contributed by atoms with Crippen molar-refractivity contribution in [2.75, 3.05) is 18.5 Å². The summed E-state index contributed by atoms with van der Waals surface area (Å²) in [4.78, 5) is 11.8. The second-order valence-corrected chi connectivity index (χ2v) is 4.58. The van der Waals surface area contributed by atoms with Crippen molar-refractivity contribution in [3.63, 3.8) is 0 Å². The van der Waals surface area contributed by atoms with E-state index in [-0.39, 0.29) is 12.5 Å². The van der Waals surface area contributed by atoms with Crippen LogP contribution in [0.5, 0.6) is 5.75 Å².